The minimum absolute atomic E-state index is 0.202. The van der Waals surface area contributed by atoms with Crippen LogP contribution in [0.2, 0.25) is 0 Å². The van der Waals surface area contributed by atoms with Crippen LogP contribution in [0.4, 0.5) is 4.79 Å². The van der Waals surface area contributed by atoms with Crippen molar-refractivity contribution < 1.29 is 29.0 Å². The molecule has 2 N–H and O–H groups in total. The Morgan fingerprint density at radius 2 is 1.78 bits per heavy atom. The predicted molar refractivity (Wildman–Crippen MR) is 86.3 cm³/mol. The third kappa shape index (κ3) is 13.5. The molecule has 0 aromatic heterocycles. The van der Waals surface area contributed by atoms with Gasteiger partial charge in [0.05, 0.1) is 0 Å². The molecule has 0 radical (unpaired) electrons. The quantitative estimate of drug-likeness (QED) is 0.713. The van der Waals surface area contributed by atoms with Crippen LogP contribution in [0.25, 0.3) is 0 Å². The Kier molecular flexibility index (Phi) is 11.9. The van der Waals surface area contributed by atoms with Gasteiger partial charge in [-0.25, -0.2) is 4.79 Å². The number of methoxy groups -OCH3 is 1. The fourth-order valence-electron chi connectivity index (χ4n) is 1.24. The molecule has 0 saturated carbocycles. The molecule has 0 aromatic carbocycles. The molecule has 0 heterocycles. The van der Waals surface area contributed by atoms with Crippen LogP contribution < -0.4 is 5.32 Å². The van der Waals surface area contributed by atoms with Crippen LogP contribution in [0.5, 0.6) is 0 Å². The van der Waals surface area contributed by atoms with Crippen molar-refractivity contribution in [1.29, 1.82) is 0 Å². The number of carboxylic acids is 1. The van der Waals surface area contributed by atoms with Gasteiger partial charge in [-0.2, -0.15) is 0 Å². The molecule has 8 nitrogen and oxygen atoms in total. The number of carboxylic acid groups (broad SMARTS) is 1. The average Bonchev–Trinajstić information content (AvgIpc) is 2.43. The molecule has 0 rings (SSSR count). The number of nitrogens with zero attached hydrogens (tertiary/aromatic N) is 1. The van der Waals surface area contributed by atoms with Gasteiger partial charge >= 0.3 is 12.1 Å². The van der Waals surface area contributed by atoms with Gasteiger partial charge in [-0.05, 0) is 34.1 Å². The highest BCUT2D eigenvalue weighted by Crippen LogP contribution is 2.10. The van der Waals surface area contributed by atoms with Gasteiger partial charge < -0.3 is 19.9 Å². The number of ether oxygens (including phenoxy) is 2. The van der Waals surface area contributed by atoms with Gasteiger partial charge in [0.1, 0.15) is 11.6 Å². The van der Waals surface area contributed by atoms with E-state index < -0.39 is 23.7 Å². The van der Waals surface area contributed by atoms with Crippen LogP contribution in [0, 0.1) is 0 Å². The first-order valence-corrected chi connectivity index (χ1v) is 7.34. The molecular formula is C15H30N2O6. The van der Waals surface area contributed by atoms with Gasteiger partial charge in [-0.3, -0.25) is 14.5 Å². The smallest absolute Gasteiger partial charge is 0.410 e. The highest BCUT2D eigenvalue weighted by atomic mass is 16.6. The van der Waals surface area contributed by atoms with E-state index in [1.54, 1.807) is 34.8 Å². The number of nitrogens with one attached hydrogen (secondary N) is 1. The number of hydrogen-bond acceptors (Lipinski definition) is 5. The Bertz CT molecular complexity index is 379. The molecule has 0 bridgehead atoms. The van der Waals surface area contributed by atoms with E-state index in [4.69, 9.17) is 9.84 Å². The highest BCUT2D eigenvalue weighted by Gasteiger charge is 2.26. The lowest BCUT2D eigenvalue weighted by atomic mass is 10.2. The van der Waals surface area contributed by atoms with E-state index in [0.29, 0.717) is 13.0 Å². The summed E-state index contributed by atoms with van der Waals surface area (Å²) in [6, 6.07) is -0.537. The molecule has 23 heavy (non-hydrogen) atoms. The normalized spacial score (nSPS) is 11.6. The highest BCUT2D eigenvalue weighted by molar-refractivity contribution is 5.84. The van der Waals surface area contributed by atoms with E-state index in [0.717, 1.165) is 0 Å². The van der Waals surface area contributed by atoms with E-state index >= 15 is 0 Å². The van der Waals surface area contributed by atoms with Gasteiger partial charge in [0.15, 0.2) is 0 Å². The van der Waals surface area contributed by atoms with Crippen LogP contribution in [0.1, 0.15) is 40.5 Å². The van der Waals surface area contributed by atoms with Crippen LogP contribution >= 0.6 is 0 Å². The van der Waals surface area contributed by atoms with Gasteiger partial charge in [0, 0.05) is 34.2 Å². The topological polar surface area (TPSA) is 105 Å². The van der Waals surface area contributed by atoms with Crippen molar-refractivity contribution >= 4 is 18.0 Å². The lowest BCUT2D eigenvalue weighted by Crippen LogP contribution is -2.46. The maximum atomic E-state index is 11.5. The van der Waals surface area contributed by atoms with E-state index in [9.17, 15) is 14.4 Å². The summed E-state index contributed by atoms with van der Waals surface area (Å²) in [5.41, 5.74) is -0.548. The number of carbonyl (C=O) groups excluding carboxylic acids is 2. The third-order valence-electron chi connectivity index (χ3n) is 2.63. The molecular weight excluding hydrogens is 304 g/mol. The van der Waals surface area contributed by atoms with Crippen LogP contribution in [-0.4, -0.2) is 67.4 Å². The molecule has 136 valence electrons. The fraction of sp³-hybridized carbons (Fsp3) is 0.800. The van der Waals surface area contributed by atoms with Crippen molar-refractivity contribution in [1.82, 2.24) is 10.2 Å². The number of likely N-dealkylation sites (N-methyl/N-ethyl adjacent to an activating group) is 2. The monoisotopic (exact) mass is 334 g/mol. The van der Waals surface area contributed by atoms with Crippen molar-refractivity contribution in [2.45, 2.75) is 52.2 Å². The van der Waals surface area contributed by atoms with Crippen molar-refractivity contribution in [2.24, 2.45) is 0 Å². The minimum atomic E-state index is -0.762. The number of rotatable bonds is 6. The Labute approximate surface area is 138 Å². The number of aliphatic carboxylic acids is 1. The Morgan fingerprint density at radius 1 is 1.26 bits per heavy atom. The zero-order valence-corrected chi connectivity index (χ0v) is 15.1. The summed E-state index contributed by atoms with van der Waals surface area (Å²) in [6.45, 7) is 7.52. The van der Waals surface area contributed by atoms with Crippen LogP contribution in [0.15, 0.2) is 0 Å². The first kappa shape index (κ1) is 23.4. The Balaban J connectivity index is 0. The maximum Gasteiger partial charge on any atom is 0.410 e. The predicted octanol–water partition coefficient (Wildman–Crippen LogP) is 1.49. The molecule has 0 saturated heterocycles. The second kappa shape index (κ2) is 11.7. The van der Waals surface area contributed by atoms with Crippen molar-refractivity contribution in [2.75, 3.05) is 27.8 Å². The van der Waals surface area contributed by atoms with E-state index in [-0.39, 0.29) is 12.3 Å². The van der Waals surface area contributed by atoms with Gasteiger partial charge in [-0.1, -0.05) is 0 Å². The first-order valence-electron chi connectivity index (χ1n) is 7.34. The molecule has 0 fully saturated rings. The summed E-state index contributed by atoms with van der Waals surface area (Å²) in [5.74, 6) is -0.981. The molecule has 1 atom stereocenters. The van der Waals surface area contributed by atoms with Crippen LogP contribution in [0.3, 0.4) is 0 Å². The molecule has 0 aliphatic carbocycles. The van der Waals surface area contributed by atoms with Crippen molar-refractivity contribution in [3.05, 3.63) is 0 Å². The number of carbonyl (C=O) groups is 3. The maximum absolute atomic E-state index is 11.5. The number of amides is 2. The fourth-order valence-corrected chi connectivity index (χ4v) is 1.24. The average molecular weight is 334 g/mol. The summed E-state index contributed by atoms with van der Waals surface area (Å²) in [4.78, 5) is 33.9. The van der Waals surface area contributed by atoms with Gasteiger partial charge in [0.2, 0.25) is 5.91 Å². The molecule has 0 aliphatic heterocycles. The van der Waals surface area contributed by atoms with Crippen LogP contribution in [-0.2, 0) is 19.1 Å². The summed E-state index contributed by atoms with van der Waals surface area (Å²) in [7, 11) is 4.62. The second-order valence-electron chi connectivity index (χ2n) is 5.87. The summed E-state index contributed by atoms with van der Waals surface area (Å²) >= 11 is 0. The lowest BCUT2D eigenvalue weighted by molar-refractivity contribution is -0.137. The van der Waals surface area contributed by atoms with Crippen molar-refractivity contribution in [3.8, 4) is 0 Å². The van der Waals surface area contributed by atoms with Crippen molar-refractivity contribution in [3.63, 3.8) is 0 Å². The number of hydrogen-bond donors (Lipinski definition) is 2. The van der Waals surface area contributed by atoms with E-state index in [1.807, 2.05) is 0 Å². The molecule has 0 aliphatic rings. The summed E-state index contributed by atoms with van der Waals surface area (Å²) in [5, 5.41) is 10.6. The van der Waals surface area contributed by atoms with Gasteiger partial charge in [-0.15, -0.1) is 0 Å². The first-order chi connectivity index (χ1) is 10.5. The zero-order chi connectivity index (χ0) is 18.6. The Hall–Kier alpha value is -1.83. The molecule has 8 heteroatoms. The zero-order valence-electron chi connectivity index (χ0n) is 15.1. The second-order valence-corrected chi connectivity index (χ2v) is 5.87. The van der Waals surface area contributed by atoms with E-state index in [2.05, 4.69) is 10.1 Å². The molecule has 0 aromatic rings. The molecule has 1 unspecified atom stereocenters. The minimum Gasteiger partial charge on any atom is -0.481 e. The standard InChI is InChI=1S/C10H20N2O3.C5H10O3/c1-7(8(13)11-5)12(6)9(14)15-10(2,3)4;1-8-4-2-3-5(6)7/h7H,1-6H3,(H,11,13);2-4H2,1H3,(H,6,7). The molecule has 2 amide bonds. The SMILES string of the molecule is CNC(=O)C(C)N(C)C(=O)OC(C)(C)C.COCCCC(=O)O. The summed E-state index contributed by atoms with van der Waals surface area (Å²) in [6.07, 6.45) is 0.304. The van der Waals surface area contributed by atoms with Gasteiger partial charge in [0.25, 0.3) is 0 Å². The largest absolute Gasteiger partial charge is 0.481 e. The lowest BCUT2D eigenvalue weighted by Gasteiger charge is -2.27. The summed E-state index contributed by atoms with van der Waals surface area (Å²) < 4.78 is 9.75. The molecule has 0 spiro atoms. The Morgan fingerprint density at radius 3 is 2.13 bits per heavy atom. The van der Waals surface area contributed by atoms with E-state index in [1.165, 1.54) is 19.0 Å². The third-order valence-corrected chi connectivity index (χ3v) is 2.63.